The minimum atomic E-state index is -0.598. The second-order valence-corrected chi connectivity index (χ2v) is 9.15. The molecule has 1 aliphatic heterocycles. The molecule has 1 amide bonds. The normalized spacial score (nSPS) is 19.6. The molecule has 34 heavy (non-hydrogen) atoms. The van der Waals surface area contributed by atoms with Gasteiger partial charge in [0.15, 0.2) is 5.78 Å². The quantitative estimate of drug-likeness (QED) is 0.417. The molecular formula is C28H30FNO4. The van der Waals surface area contributed by atoms with Crippen LogP contribution in [0.2, 0.25) is 0 Å². The van der Waals surface area contributed by atoms with E-state index < -0.39 is 5.41 Å². The van der Waals surface area contributed by atoms with Gasteiger partial charge in [0.25, 0.3) is 0 Å². The lowest BCUT2D eigenvalue weighted by Crippen LogP contribution is -2.35. The van der Waals surface area contributed by atoms with Gasteiger partial charge in [-0.1, -0.05) is 43.2 Å². The van der Waals surface area contributed by atoms with E-state index in [-0.39, 0.29) is 29.5 Å². The van der Waals surface area contributed by atoms with Crippen molar-refractivity contribution in [3.05, 3.63) is 83.2 Å². The first-order valence-electron chi connectivity index (χ1n) is 11.9. The zero-order valence-corrected chi connectivity index (χ0v) is 19.5. The SMILES string of the molecule is COC(=O)c1ccc(CCN2C(=O)CC[C@@H]2/C=C/C(=O)C2(c3ccc(F)cc3)CCCC2)cc1. The molecule has 0 bridgehead atoms. The standard InChI is InChI=1S/C28H30FNO4/c1-34-27(33)21-6-4-20(5-7-21)16-19-30-24(13-15-26(30)32)12-14-25(31)28(17-2-3-18-28)22-8-10-23(29)11-9-22/h4-12,14,24H,2-3,13,15-19H2,1H3/b14-12+/t24-/m0/s1. The van der Waals surface area contributed by atoms with Crippen molar-refractivity contribution in [3.63, 3.8) is 0 Å². The summed E-state index contributed by atoms with van der Waals surface area (Å²) in [6.45, 7) is 0.544. The number of allylic oxidation sites excluding steroid dienone is 1. The maximum atomic E-state index is 13.4. The number of methoxy groups -OCH3 is 1. The van der Waals surface area contributed by atoms with Gasteiger partial charge in [0.1, 0.15) is 5.82 Å². The fraction of sp³-hybridized carbons (Fsp3) is 0.393. The van der Waals surface area contributed by atoms with Crippen LogP contribution >= 0.6 is 0 Å². The van der Waals surface area contributed by atoms with Gasteiger partial charge in [0.2, 0.25) is 5.91 Å². The predicted octanol–water partition coefficient (Wildman–Crippen LogP) is 4.78. The van der Waals surface area contributed by atoms with Crippen LogP contribution < -0.4 is 0 Å². The average molecular weight is 464 g/mol. The van der Waals surface area contributed by atoms with E-state index in [2.05, 4.69) is 0 Å². The van der Waals surface area contributed by atoms with Crippen LogP contribution in [0.1, 0.15) is 60.0 Å². The lowest BCUT2D eigenvalue weighted by molar-refractivity contribution is -0.128. The monoisotopic (exact) mass is 463 g/mol. The third-order valence-corrected chi connectivity index (χ3v) is 7.19. The van der Waals surface area contributed by atoms with Crippen molar-refractivity contribution in [2.24, 2.45) is 0 Å². The average Bonchev–Trinajstić information content (AvgIpc) is 3.49. The van der Waals surface area contributed by atoms with E-state index in [0.717, 1.165) is 36.8 Å². The van der Waals surface area contributed by atoms with Gasteiger partial charge in [0, 0.05) is 13.0 Å². The number of likely N-dealkylation sites (tertiary alicyclic amines) is 1. The van der Waals surface area contributed by atoms with E-state index in [1.54, 1.807) is 30.3 Å². The van der Waals surface area contributed by atoms with Gasteiger partial charge in [-0.05, 0) is 67.2 Å². The Bertz CT molecular complexity index is 1070. The summed E-state index contributed by atoms with van der Waals surface area (Å²) in [5.41, 5.74) is 1.78. The number of hydrogen-bond acceptors (Lipinski definition) is 4. The summed E-state index contributed by atoms with van der Waals surface area (Å²) in [5.74, 6) is -0.562. The first-order valence-corrected chi connectivity index (χ1v) is 11.9. The summed E-state index contributed by atoms with van der Waals surface area (Å²) < 4.78 is 18.2. The molecule has 1 saturated heterocycles. The Morgan fingerprint density at radius 3 is 2.41 bits per heavy atom. The number of rotatable bonds is 8. The van der Waals surface area contributed by atoms with Crippen molar-refractivity contribution in [2.75, 3.05) is 13.7 Å². The van der Waals surface area contributed by atoms with Crippen LogP contribution in [0.5, 0.6) is 0 Å². The largest absolute Gasteiger partial charge is 0.465 e. The zero-order valence-electron chi connectivity index (χ0n) is 19.5. The minimum absolute atomic E-state index is 0.0364. The number of amides is 1. The van der Waals surface area contributed by atoms with E-state index in [1.165, 1.54) is 19.2 Å². The predicted molar refractivity (Wildman–Crippen MR) is 127 cm³/mol. The third kappa shape index (κ3) is 4.96. The first-order chi connectivity index (χ1) is 16.4. The molecule has 0 radical (unpaired) electrons. The first kappa shape index (κ1) is 23.9. The summed E-state index contributed by atoms with van der Waals surface area (Å²) in [7, 11) is 1.35. The second-order valence-electron chi connectivity index (χ2n) is 9.15. The molecule has 1 saturated carbocycles. The fourth-order valence-electron chi connectivity index (χ4n) is 5.20. The zero-order chi connectivity index (χ0) is 24.1. The number of ketones is 1. The summed E-state index contributed by atoms with van der Waals surface area (Å²) >= 11 is 0. The molecular weight excluding hydrogens is 433 g/mol. The van der Waals surface area contributed by atoms with Gasteiger partial charge in [0.05, 0.1) is 24.1 Å². The number of halogens is 1. The highest BCUT2D eigenvalue weighted by Gasteiger charge is 2.41. The smallest absolute Gasteiger partial charge is 0.337 e. The molecule has 2 aliphatic rings. The number of carbonyl (C=O) groups excluding carboxylic acids is 3. The number of ether oxygens (including phenoxy) is 1. The molecule has 1 aliphatic carbocycles. The van der Waals surface area contributed by atoms with E-state index in [4.69, 9.17) is 4.74 Å². The third-order valence-electron chi connectivity index (χ3n) is 7.19. The Balaban J connectivity index is 1.43. The molecule has 2 aromatic rings. The molecule has 0 N–H and O–H groups in total. The van der Waals surface area contributed by atoms with Crippen LogP contribution in [0, 0.1) is 5.82 Å². The molecule has 2 fully saturated rings. The lowest BCUT2D eigenvalue weighted by Gasteiger charge is -2.27. The highest BCUT2D eigenvalue weighted by molar-refractivity contribution is 5.99. The summed E-state index contributed by atoms with van der Waals surface area (Å²) in [4.78, 5) is 39.3. The highest BCUT2D eigenvalue weighted by Crippen LogP contribution is 2.42. The Morgan fingerprint density at radius 2 is 1.76 bits per heavy atom. The summed E-state index contributed by atoms with van der Waals surface area (Å²) in [6.07, 6.45) is 8.80. The minimum Gasteiger partial charge on any atom is -0.465 e. The molecule has 0 aromatic heterocycles. The van der Waals surface area contributed by atoms with Gasteiger partial charge in [-0.2, -0.15) is 0 Å². The molecule has 2 aromatic carbocycles. The number of carbonyl (C=O) groups is 3. The molecule has 0 spiro atoms. The number of benzene rings is 2. The molecule has 1 atom stereocenters. The van der Waals surface area contributed by atoms with Crippen molar-refractivity contribution >= 4 is 17.7 Å². The fourth-order valence-corrected chi connectivity index (χ4v) is 5.20. The van der Waals surface area contributed by atoms with E-state index in [9.17, 15) is 18.8 Å². The van der Waals surface area contributed by atoms with Gasteiger partial charge < -0.3 is 9.64 Å². The molecule has 6 heteroatoms. The maximum Gasteiger partial charge on any atom is 0.337 e. The Morgan fingerprint density at radius 1 is 1.09 bits per heavy atom. The van der Waals surface area contributed by atoms with Crippen LogP contribution in [-0.2, 0) is 26.2 Å². The van der Waals surface area contributed by atoms with Crippen LogP contribution in [0.4, 0.5) is 4.39 Å². The molecule has 5 nitrogen and oxygen atoms in total. The Labute approximate surface area is 199 Å². The van der Waals surface area contributed by atoms with E-state index >= 15 is 0 Å². The maximum absolute atomic E-state index is 13.4. The Hall–Kier alpha value is -3.28. The van der Waals surface area contributed by atoms with E-state index in [1.807, 2.05) is 23.1 Å². The van der Waals surface area contributed by atoms with Crippen molar-refractivity contribution in [3.8, 4) is 0 Å². The van der Waals surface area contributed by atoms with Crippen LogP contribution in [0.3, 0.4) is 0 Å². The van der Waals surface area contributed by atoms with E-state index in [0.29, 0.717) is 31.4 Å². The topological polar surface area (TPSA) is 63.7 Å². The molecule has 4 rings (SSSR count). The van der Waals surface area contributed by atoms with Crippen LogP contribution in [0.25, 0.3) is 0 Å². The number of hydrogen-bond donors (Lipinski definition) is 0. The van der Waals surface area contributed by atoms with Crippen molar-refractivity contribution in [2.45, 2.75) is 56.4 Å². The van der Waals surface area contributed by atoms with Gasteiger partial charge in [-0.25, -0.2) is 9.18 Å². The van der Waals surface area contributed by atoms with Crippen LogP contribution in [0.15, 0.2) is 60.7 Å². The molecule has 0 unspecified atom stereocenters. The number of nitrogens with zero attached hydrogens (tertiary/aromatic N) is 1. The van der Waals surface area contributed by atoms with Crippen LogP contribution in [-0.4, -0.2) is 42.3 Å². The Kier molecular flexibility index (Phi) is 7.25. The van der Waals surface area contributed by atoms with Crippen molar-refractivity contribution < 1.29 is 23.5 Å². The van der Waals surface area contributed by atoms with Gasteiger partial charge in [-0.15, -0.1) is 0 Å². The van der Waals surface area contributed by atoms with Crippen molar-refractivity contribution in [1.82, 2.24) is 4.90 Å². The second kappa shape index (κ2) is 10.3. The highest BCUT2D eigenvalue weighted by atomic mass is 19.1. The summed E-state index contributed by atoms with van der Waals surface area (Å²) in [6, 6.07) is 13.4. The summed E-state index contributed by atoms with van der Waals surface area (Å²) in [5, 5.41) is 0. The number of esters is 1. The van der Waals surface area contributed by atoms with Gasteiger partial charge in [-0.3, -0.25) is 9.59 Å². The lowest BCUT2D eigenvalue weighted by atomic mass is 9.75. The van der Waals surface area contributed by atoms with Gasteiger partial charge >= 0.3 is 5.97 Å². The molecule has 1 heterocycles. The molecule has 178 valence electrons. The van der Waals surface area contributed by atoms with Crippen molar-refractivity contribution in [1.29, 1.82) is 0 Å².